The summed E-state index contributed by atoms with van der Waals surface area (Å²) in [5, 5.41) is 15.0. The number of rotatable bonds is 10. The van der Waals surface area contributed by atoms with Crippen LogP contribution >= 0.6 is 11.8 Å². The van der Waals surface area contributed by atoms with Gasteiger partial charge in [0.2, 0.25) is 21.1 Å². The molecule has 1 amide bonds. The smallest absolute Gasteiger partial charge is 0.246 e. The zero-order chi connectivity index (χ0) is 23.3. The van der Waals surface area contributed by atoms with Gasteiger partial charge in [-0.2, -0.15) is 4.31 Å². The molecular formula is C20H28N6O5S2. The Labute approximate surface area is 197 Å². The highest BCUT2D eigenvalue weighted by atomic mass is 32.2. The average molecular weight is 497 g/mol. The van der Waals surface area contributed by atoms with Gasteiger partial charge >= 0.3 is 0 Å². The van der Waals surface area contributed by atoms with Gasteiger partial charge < -0.3 is 14.8 Å². The van der Waals surface area contributed by atoms with Crippen LogP contribution < -0.4 is 10.1 Å². The highest BCUT2D eigenvalue weighted by Gasteiger charge is 2.30. The first-order valence-electron chi connectivity index (χ1n) is 11.0. The number of anilines is 1. The summed E-state index contributed by atoms with van der Waals surface area (Å²) in [5.74, 6) is 0.0678. The molecule has 0 radical (unpaired) electrons. The van der Waals surface area contributed by atoms with Gasteiger partial charge in [-0.25, -0.2) is 13.1 Å². The quantitative estimate of drug-likeness (QED) is 0.489. The summed E-state index contributed by atoms with van der Waals surface area (Å²) in [6, 6.07) is 4.68. The summed E-state index contributed by atoms with van der Waals surface area (Å²) >= 11 is 1.21. The second-order valence-electron chi connectivity index (χ2n) is 7.82. The number of sulfonamides is 1. The molecule has 2 aliphatic heterocycles. The number of ether oxygens (including phenoxy) is 2. The Hall–Kier alpha value is -2.22. The molecule has 2 aliphatic rings. The number of nitrogens with one attached hydrogen (secondary N) is 1. The van der Waals surface area contributed by atoms with Gasteiger partial charge in [-0.1, -0.05) is 11.8 Å². The predicted molar refractivity (Wildman–Crippen MR) is 122 cm³/mol. The molecule has 0 aliphatic carbocycles. The molecule has 2 aromatic rings. The summed E-state index contributed by atoms with van der Waals surface area (Å²) in [6.45, 7) is 4.41. The molecule has 2 fully saturated rings. The molecule has 1 N–H and O–H groups in total. The van der Waals surface area contributed by atoms with E-state index in [2.05, 4.69) is 20.8 Å². The molecule has 1 unspecified atom stereocenters. The van der Waals surface area contributed by atoms with Crippen LogP contribution in [0.5, 0.6) is 5.75 Å². The standard InChI is InChI=1S/C20H28N6O5S2/c1-2-30-17-8-7-15(12-18(17)33(28,29)25-9-3-4-10-25)21-19(27)14-32-20-22-23-24-26(20)13-16-6-5-11-31-16/h7-8,12,16H,2-6,9-11,13-14H2,1H3,(H,21,27). The number of thioether (sulfide) groups is 1. The van der Waals surface area contributed by atoms with Crippen molar-refractivity contribution in [2.24, 2.45) is 0 Å². The molecule has 4 rings (SSSR count). The third-order valence-corrected chi connectivity index (χ3v) is 8.32. The zero-order valence-corrected chi connectivity index (χ0v) is 20.1. The topological polar surface area (TPSA) is 129 Å². The molecule has 13 heteroatoms. The molecule has 0 saturated carbocycles. The number of benzene rings is 1. The molecule has 3 heterocycles. The van der Waals surface area contributed by atoms with Crippen molar-refractivity contribution in [3.63, 3.8) is 0 Å². The fraction of sp³-hybridized carbons (Fsp3) is 0.600. The van der Waals surface area contributed by atoms with Crippen LogP contribution in [0.3, 0.4) is 0 Å². The van der Waals surface area contributed by atoms with Gasteiger partial charge in [0.15, 0.2) is 0 Å². The van der Waals surface area contributed by atoms with Crippen LogP contribution in [0.4, 0.5) is 5.69 Å². The lowest BCUT2D eigenvalue weighted by molar-refractivity contribution is -0.113. The minimum absolute atomic E-state index is 0.0669. The van der Waals surface area contributed by atoms with E-state index in [0.717, 1.165) is 32.3 Å². The van der Waals surface area contributed by atoms with E-state index in [0.29, 0.717) is 37.1 Å². The Morgan fingerprint density at radius 1 is 1.30 bits per heavy atom. The predicted octanol–water partition coefficient (Wildman–Crippen LogP) is 1.77. The van der Waals surface area contributed by atoms with E-state index in [1.807, 2.05) is 0 Å². The Morgan fingerprint density at radius 2 is 2.12 bits per heavy atom. The maximum absolute atomic E-state index is 13.1. The van der Waals surface area contributed by atoms with Crippen LogP contribution in [0.15, 0.2) is 28.3 Å². The van der Waals surface area contributed by atoms with Crippen molar-refractivity contribution in [1.82, 2.24) is 24.5 Å². The molecule has 1 atom stereocenters. The summed E-state index contributed by atoms with van der Waals surface area (Å²) in [6.07, 6.45) is 3.74. The van der Waals surface area contributed by atoms with Gasteiger partial charge in [0, 0.05) is 25.4 Å². The Morgan fingerprint density at radius 3 is 2.85 bits per heavy atom. The highest BCUT2D eigenvalue weighted by molar-refractivity contribution is 7.99. The second-order valence-corrected chi connectivity index (χ2v) is 10.7. The summed E-state index contributed by atoms with van der Waals surface area (Å²) in [4.78, 5) is 12.6. The molecule has 0 bridgehead atoms. The molecule has 180 valence electrons. The van der Waals surface area contributed by atoms with E-state index in [1.165, 1.54) is 22.1 Å². The van der Waals surface area contributed by atoms with Gasteiger partial charge in [0.25, 0.3) is 0 Å². The van der Waals surface area contributed by atoms with Gasteiger partial charge in [-0.05, 0) is 61.2 Å². The van der Waals surface area contributed by atoms with E-state index in [1.54, 1.807) is 23.7 Å². The van der Waals surface area contributed by atoms with E-state index < -0.39 is 10.0 Å². The molecule has 1 aromatic carbocycles. The van der Waals surface area contributed by atoms with Crippen LogP contribution in [-0.4, -0.2) is 77.0 Å². The van der Waals surface area contributed by atoms with Gasteiger partial charge in [0.1, 0.15) is 10.6 Å². The molecule has 2 saturated heterocycles. The first-order valence-corrected chi connectivity index (χ1v) is 13.5. The third-order valence-electron chi connectivity index (χ3n) is 5.44. The number of carbonyl (C=O) groups is 1. The minimum Gasteiger partial charge on any atom is -0.492 e. The fourth-order valence-corrected chi connectivity index (χ4v) is 6.21. The Bertz CT molecular complexity index is 1060. The van der Waals surface area contributed by atoms with Crippen LogP contribution in [0.1, 0.15) is 32.6 Å². The summed E-state index contributed by atoms with van der Waals surface area (Å²) in [7, 11) is -3.70. The first-order chi connectivity index (χ1) is 16.0. The largest absolute Gasteiger partial charge is 0.492 e. The van der Waals surface area contributed by atoms with Gasteiger partial charge in [-0.3, -0.25) is 4.79 Å². The van der Waals surface area contributed by atoms with Crippen molar-refractivity contribution in [2.75, 3.05) is 37.4 Å². The number of aromatic nitrogens is 4. The third kappa shape index (κ3) is 5.83. The molecule has 11 nitrogen and oxygen atoms in total. The van der Waals surface area contributed by atoms with Crippen LogP contribution in [0.25, 0.3) is 0 Å². The number of carbonyl (C=O) groups excluding carboxylic acids is 1. The van der Waals surface area contributed by atoms with Crippen LogP contribution in [0.2, 0.25) is 0 Å². The van der Waals surface area contributed by atoms with E-state index in [-0.39, 0.29) is 28.4 Å². The van der Waals surface area contributed by atoms with E-state index in [4.69, 9.17) is 9.47 Å². The van der Waals surface area contributed by atoms with Gasteiger partial charge in [0.05, 0.1) is 25.0 Å². The number of amides is 1. The van der Waals surface area contributed by atoms with E-state index >= 15 is 0 Å². The SMILES string of the molecule is CCOc1ccc(NC(=O)CSc2nnnn2CC2CCCO2)cc1S(=O)(=O)N1CCCC1. The second kappa shape index (κ2) is 10.8. The maximum Gasteiger partial charge on any atom is 0.246 e. The van der Waals surface area contributed by atoms with E-state index in [9.17, 15) is 13.2 Å². The molecule has 0 spiro atoms. The average Bonchev–Trinajstić information content (AvgIpc) is 3.57. The van der Waals surface area contributed by atoms with Crippen molar-refractivity contribution < 1.29 is 22.7 Å². The lowest BCUT2D eigenvalue weighted by Gasteiger charge is -2.19. The molecular weight excluding hydrogens is 468 g/mol. The van der Waals surface area contributed by atoms with Crippen molar-refractivity contribution in [2.45, 2.75) is 55.3 Å². The zero-order valence-electron chi connectivity index (χ0n) is 18.5. The van der Waals surface area contributed by atoms with Gasteiger partial charge in [-0.15, -0.1) is 5.10 Å². The summed E-state index contributed by atoms with van der Waals surface area (Å²) in [5.41, 5.74) is 0.390. The van der Waals surface area contributed by atoms with Crippen LogP contribution in [0, 0.1) is 0 Å². The number of hydrogen-bond acceptors (Lipinski definition) is 9. The first kappa shape index (κ1) is 23.9. The minimum atomic E-state index is -3.70. The van der Waals surface area contributed by atoms with Crippen molar-refractivity contribution >= 4 is 33.4 Å². The van der Waals surface area contributed by atoms with Crippen molar-refractivity contribution in [3.8, 4) is 5.75 Å². The monoisotopic (exact) mass is 496 g/mol. The highest BCUT2D eigenvalue weighted by Crippen LogP contribution is 2.32. The normalized spacial score (nSPS) is 19.1. The van der Waals surface area contributed by atoms with Crippen LogP contribution in [-0.2, 0) is 26.1 Å². The Balaban J connectivity index is 1.41. The van der Waals surface area contributed by atoms with Crippen molar-refractivity contribution in [1.29, 1.82) is 0 Å². The Kier molecular flexibility index (Phi) is 7.83. The maximum atomic E-state index is 13.1. The number of hydrogen-bond donors (Lipinski definition) is 1. The summed E-state index contributed by atoms with van der Waals surface area (Å²) < 4.78 is 40.5. The lowest BCUT2D eigenvalue weighted by Crippen LogP contribution is -2.28. The molecule has 33 heavy (non-hydrogen) atoms. The molecule has 1 aromatic heterocycles. The number of nitrogens with zero attached hydrogens (tertiary/aromatic N) is 5. The lowest BCUT2D eigenvalue weighted by atomic mass is 10.2. The van der Waals surface area contributed by atoms with Crippen molar-refractivity contribution in [3.05, 3.63) is 18.2 Å². The fourth-order valence-electron chi connectivity index (χ4n) is 3.85. The number of tetrazole rings is 1.